The second-order valence-corrected chi connectivity index (χ2v) is 5.90. The zero-order valence-corrected chi connectivity index (χ0v) is 13.4. The van der Waals surface area contributed by atoms with E-state index < -0.39 is 0 Å². The molecule has 7 heteroatoms. The molecule has 3 aromatic heterocycles. The number of rotatable bonds is 5. The SMILES string of the molecule is Cc1cc(Nc2ccc(Sc3ccncc3)nc2)nc(CN)n1. The lowest BCUT2D eigenvalue weighted by atomic mass is 10.3. The van der Waals surface area contributed by atoms with Crippen LogP contribution in [0.15, 0.2) is 58.8 Å². The summed E-state index contributed by atoms with van der Waals surface area (Å²) in [6.45, 7) is 2.23. The number of nitrogens with zero attached hydrogens (tertiary/aromatic N) is 4. The van der Waals surface area contributed by atoms with E-state index in [9.17, 15) is 0 Å². The van der Waals surface area contributed by atoms with Gasteiger partial charge in [0.25, 0.3) is 0 Å². The Morgan fingerprint density at radius 1 is 1.13 bits per heavy atom. The molecule has 0 radical (unpaired) electrons. The lowest BCUT2D eigenvalue weighted by Crippen LogP contribution is -2.06. The molecule has 3 aromatic rings. The largest absolute Gasteiger partial charge is 0.339 e. The molecular formula is C16H16N6S. The van der Waals surface area contributed by atoms with Crippen LogP contribution in [0.3, 0.4) is 0 Å². The van der Waals surface area contributed by atoms with Crippen molar-refractivity contribution in [3.63, 3.8) is 0 Å². The molecule has 0 spiro atoms. The standard InChI is InChI=1S/C16H16N6S/c1-11-8-14(22-15(9-17)20-11)21-12-2-3-16(19-10-12)23-13-4-6-18-7-5-13/h2-8,10H,9,17H2,1H3,(H,20,21,22). The molecule has 116 valence electrons. The minimum atomic E-state index is 0.316. The Kier molecular flexibility index (Phi) is 4.80. The third-order valence-electron chi connectivity index (χ3n) is 2.96. The molecular weight excluding hydrogens is 308 g/mol. The van der Waals surface area contributed by atoms with Gasteiger partial charge >= 0.3 is 0 Å². The summed E-state index contributed by atoms with van der Waals surface area (Å²) in [5, 5.41) is 4.14. The summed E-state index contributed by atoms with van der Waals surface area (Å²) in [5.41, 5.74) is 7.34. The molecule has 0 aliphatic carbocycles. The maximum absolute atomic E-state index is 5.60. The van der Waals surface area contributed by atoms with Crippen LogP contribution in [0.2, 0.25) is 0 Å². The number of aromatic nitrogens is 4. The van der Waals surface area contributed by atoms with Crippen LogP contribution in [-0.2, 0) is 6.54 Å². The van der Waals surface area contributed by atoms with E-state index in [4.69, 9.17) is 5.73 Å². The van der Waals surface area contributed by atoms with E-state index in [2.05, 4.69) is 25.3 Å². The Labute approximate surface area is 138 Å². The predicted molar refractivity (Wildman–Crippen MR) is 90.5 cm³/mol. The molecule has 3 N–H and O–H groups in total. The molecule has 0 atom stereocenters. The van der Waals surface area contributed by atoms with Crippen LogP contribution in [0.4, 0.5) is 11.5 Å². The van der Waals surface area contributed by atoms with Gasteiger partial charge in [-0.25, -0.2) is 15.0 Å². The van der Waals surface area contributed by atoms with E-state index in [-0.39, 0.29) is 0 Å². The van der Waals surface area contributed by atoms with E-state index in [1.165, 1.54) is 0 Å². The lowest BCUT2D eigenvalue weighted by molar-refractivity contribution is 0.894. The molecule has 0 aromatic carbocycles. The number of hydrogen-bond donors (Lipinski definition) is 2. The van der Waals surface area contributed by atoms with Crippen molar-refractivity contribution in [1.82, 2.24) is 19.9 Å². The maximum Gasteiger partial charge on any atom is 0.144 e. The van der Waals surface area contributed by atoms with Gasteiger partial charge in [0.1, 0.15) is 16.7 Å². The average Bonchev–Trinajstić information content (AvgIpc) is 2.57. The van der Waals surface area contributed by atoms with Gasteiger partial charge in [0.05, 0.1) is 18.4 Å². The van der Waals surface area contributed by atoms with Crippen LogP contribution in [-0.4, -0.2) is 19.9 Å². The van der Waals surface area contributed by atoms with Gasteiger partial charge in [0.2, 0.25) is 0 Å². The third-order valence-corrected chi connectivity index (χ3v) is 3.92. The highest BCUT2D eigenvalue weighted by Gasteiger charge is 2.03. The predicted octanol–water partition coefficient (Wildman–Crippen LogP) is 2.93. The van der Waals surface area contributed by atoms with Crippen LogP contribution in [0.25, 0.3) is 0 Å². The minimum absolute atomic E-state index is 0.316. The van der Waals surface area contributed by atoms with Gasteiger partial charge in [-0.15, -0.1) is 0 Å². The van der Waals surface area contributed by atoms with Crippen LogP contribution in [0, 0.1) is 6.92 Å². The van der Waals surface area contributed by atoms with Crippen LogP contribution < -0.4 is 11.1 Å². The summed E-state index contributed by atoms with van der Waals surface area (Å²) in [6, 6.07) is 9.72. The van der Waals surface area contributed by atoms with Crippen molar-refractivity contribution in [2.45, 2.75) is 23.4 Å². The van der Waals surface area contributed by atoms with Gasteiger partial charge < -0.3 is 11.1 Å². The van der Waals surface area contributed by atoms with Crippen molar-refractivity contribution in [3.8, 4) is 0 Å². The average molecular weight is 324 g/mol. The van der Waals surface area contributed by atoms with Gasteiger partial charge in [-0.1, -0.05) is 11.8 Å². The van der Waals surface area contributed by atoms with Gasteiger partial charge in [-0.05, 0) is 31.2 Å². The van der Waals surface area contributed by atoms with Crippen molar-refractivity contribution in [2.24, 2.45) is 5.73 Å². The summed E-state index contributed by atoms with van der Waals surface area (Å²) in [5.74, 6) is 1.33. The molecule has 0 fully saturated rings. The Hall–Kier alpha value is -2.51. The molecule has 3 heterocycles. The van der Waals surface area contributed by atoms with Crippen molar-refractivity contribution < 1.29 is 0 Å². The molecule has 0 aliphatic rings. The van der Waals surface area contributed by atoms with Gasteiger partial charge in [-0.3, -0.25) is 4.98 Å². The van der Waals surface area contributed by atoms with Crippen molar-refractivity contribution in [3.05, 3.63) is 60.4 Å². The van der Waals surface area contributed by atoms with E-state index in [0.29, 0.717) is 18.2 Å². The molecule has 0 amide bonds. The van der Waals surface area contributed by atoms with E-state index in [0.717, 1.165) is 21.3 Å². The number of nitrogens with one attached hydrogen (secondary N) is 1. The first-order valence-corrected chi connectivity index (χ1v) is 7.90. The van der Waals surface area contributed by atoms with E-state index in [1.54, 1.807) is 30.4 Å². The minimum Gasteiger partial charge on any atom is -0.339 e. The van der Waals surface area contributed by atoms with Gasteiger partial charge in [0.15, 0.2) is 0 Å². The number of pyridine rings is 2. The van der Waals surface area contributed by atoms with Crippen LogP contribution in [0.5, 0.6) is 0 Å². The number of hydrogen-bond acceptors (Lipinski definition) is 7. The fourth-order valence-corrected chi connectivity index (χ4v) is 2.72. The van der Waals surface area contributed by atoms with Crippen molar-refractivity contribution >= 4 is 23.3 Å². The first-order valence-electron chi connectivity index (χ1n) is 7.08. The Bertz CT molecular complexity index is 776. The molecule has 0 saturated carbocycles. The smallest absolute Gasteiger partial charge is 0.144 e. The third kappa shape index (κ3) is 4.24. The zero-order chi connectivity index (χ0) is 16.1. The van der Waals surface area contributed by atoms with Gasteiger partial charge in [0, 0.05) is 29.0 Å². The monoisotopic (exact) mass is 324 g/mol. The first-order chi connectivity index (χ1) is 11.2. The summed E-state index contributed by atoms with van der Waals surface area (Å²) in [7, 11) is 0. The summed E-state index contributed by atoms with van der Waals surface area (Å²) >= 11 is 1.59. The zero-order valence-electron chi connectivity index (χ0n) is 12.6. The number of anilines is 2. The van der Waals surface area contributed by atoms with Gasteiger partial charge in [-0.2, -0.15) is 0 Å². The summed E-state index contributed by atoms with van der Waals surface area (Å²) in [6.07, 6.45) is 5.32. The number of nitrogens with two attached hydrogens (primary N) is 1. The molecule has 6 nitrogen and oxygen atoms in total. The highest BCUT2D eigenvalue weighted by molar-refractivity contribution is 7.99. The van der Waals surface area contributed by atoms with Crippen molar-refractivity contribution in [2.75, 3.05) is 5.32 Å². The van der Waals surface area contributed by atoms with E-state index >= 15 is 0 Å². The maximum atomic E-state index is 5.60. The summed E-state index contributed by atoms with van der Waals surface area (Å²) < 4.78 is 0. The molecule has 23 heavy (non-hydrogen) atoms. The Morgan fingerprint density at radius 2 is 1.96 bits per heavy atom. The first kappa shape index (κ1) is 15.4. The normalized spacial score (nSPS) is 10.5. The van der Waals surface area contributed by atoms with Crippen molar-refractivity contribution in [1.29, 1.82) is 0 Å². The molecule has 0 unspecified atom stereocenters. The highest BCUT2D eigenvalue weighted by atomic mass is 32.2. The number of aryl methyl sites for hydroxylation is 1. The fourth-order valence-electron chi connectivity index (χ4n) is 1.97. The molecule has 3 rings (SSSR count). The van der Waals surface area contributed by atoms with Crippen LogP contribution in [0.1, 0.15) is 11.5 Å². The fraction of sp³-hybridized carbons (Fsp3) is 0.125. The summed E-state index contributed by atoms with van der Waals surface area (Å²) in [4.78, 5) is 18.2. The molecule has 0 saturated heterocycles. The topological polar surface area (TPSA) is 89.6 Å². The second kappa shape index (κ2) is 7.17. The van der Waals surface area contributed by atoms with E-state index in [1.807, 2.05) is 37.3 Å². The molecule has 0 bridgehead atoms. The van der Waals surface area contributed by atoms with Crippen LogP contribution >= 0.6 is 11.8 Å². The molecule has 0 aliphatic heterocycles. The second-order valence-electron chi connectivity index (χ2n) is 4.81. The quantitative estimate of drug-likeness (QED) is 0.745. The highest BCUT2D eigenvalue weighted by Crippen LogP contribution is 2.26. The Morgan fingerprint density at radius 3 is 2.65 bits per heavy atom. The Balaban J connectivity index is 1.71. The lowest BCUT2D eigenvalue weighted by Gasteiger charge is -2.08.